The molecule has 2 aromatic rings. The van der Waals surface area contributed by atoms with Gasteiger partial charge in [-0.05, 0) is 18.6 Å². The van der Waals surface area contributed by atoms with Gasteiger partial charge in [0, 0.05) is 13.0 Å². The third-order valence-electron chi connectivity index (χ3n) is 2.74. The van der Waals surface area contributed by atoms with Crippen LogP contribution in [0.4, 0.5) is 5.69 Å². The minimum absolute atomic E-state index is 0.613. The molecule has 0 spiro atoms. The zero-order chi connectivity index (χ0) is 11.1. The summed E-state index contributed by atoms with van der Waals surface area (Å²) in [5.41, 5.74) is 2.50. The number of hydrogen-bond acceptors (Lipinski definition) is 4. The summed E-state index contributed by atoms with van der Waals surface area (Å²) in [5, 5.41) is 8.54. The maximum atomic E-state index is 7.89. The van der Waals surface area contributed by atoms with Gasteiger partial charge in [0.15, 0.2) is 0 Å². The van der Waals surface area contributed by atoms with E-state index in [4.69, 9.17) is 17.0 Å². The fourth-order valence-corrected chi connectivity index (χ4v) is 2.78. The van der Waals surface area contributed by atoms with Crippen LogP contribution in [0.15, 0.2) is 12.1 Å². The molecule has 1 saturated heterocycles. The monoisotopic (exact) mass is 252 g/mol. The van der Waals surface area contributed by atoms with Crippen molar-refractivity contribution in [2.75, 3.05) is 11.4 Å². The summed E-state index contributed by atoms with van der Waals surface area (Å²) in [5.74, 6) is 0.613. The van der Waals surface area contributed by atoms with E-state index in [0.29, 0.717) is 10.9 Å². The van der Waals surface area contributed by atoms with Gasteiger partial charge in [-0.15, -0.1) is 0 Å². The molecule has 6 heteroatoms. The highest BCUT2D eigenvalue weighted by atomic mass is 35.5. The molecular weight excluding hydrogens is 244 g/mol. The van der Waals surface area contributed by atoms with Gasteiger partial charge < -0.3 is 4.90 Å². The molecule has 0 unspecified atom stereocenters. The van der Waals surface area contributed by atoms with E-state index in [1.165, 1.54) is 11.7 Å². The van der Waals surface area contributed by atoms with E-state index in [0.717, 1.165) is 36.1 Å². The predicted molar refractivity (Wildman–Crippen MR) is 66.7 cm³/mol. The Morgan fingerprint density at radius 1 is 1.38 bits per heavy atom. The van der Waals surface area contributed by atoms with E-state index >= 15 is 0 Å². The van der Waals surface area contributed by atoms with Crippen molar-refractivity contribution in [3.63, 3.8) is 0 Å². The minimum Gasteiger partial charge on any atom is -0.327 e. The van der Waals surface area contributed by atoms with Crippen LogP contribution in [0, 0.1) is 5.41 Å². The van der Waals surface area contributed by atoms with Crippen molar-refractivity contribution in [2.45, 2.75) is 12.8 Å². The first-order valence-corrected chi connectivity index (χ1v) is 6.14. The molecule has 16 heavy (non-hydrogen) atoms. The zero-order valence-electron chi connectivity index (χ0n) is 8.40. The minimum atomic E-state index is 0.613. The summed E-state index contributed by atoms with van der Waals surface area (Å²) < 4.78 is 8.46. The SMILES string of the molecule is N=C1CCCN1c1c(Cl)ccc2nsnc12. The van der Waals surface area contributed by atoms with E-state index in [1.807, 2.05) is 17.0 Å². The van der Waals surface area contributed by atoms with Crippen molar-refractivity contribution >= 4 is 45.9 Å². The lowest BCUT2D eigenvalue weighted by atomic mass is 10.2. The van der Waals surface area contributed by atoms with E-state index in [-0.39, 0.29) is 0 Å². The highest BCUT2D eigenvalue weighted by molar-refractivity contribution is 7.00. The maximum absolute atomic E-state index is 7.89. The lowest BCUT2D eigenvalue weighted by Gasteiger charge is -2.19. The first-order valence-electron chi connectivity index (χ1n) is 5.03. The third kappa shape index (κ3) is 1.39. The molecule has 1 fully saturated rings. The van der Waals surface area contributed by atoms with Gasteiger partial charge in [0.05, 0.1) is 22.4 Å². The first-order chi connectivity index (χ1) is 7.77. The molecule has 2 heterocycles. The van der Waals surface area contributed by atoms with Gasteiger partial charge in [-0.25, -0.2) is 0 Å². The van der Waals surface area contributed by atoms with Gasteiger partial charge >= 0.3 is 0 Å². The predicted octanol–water partition coefficient (Wildman–Crippen LogP) is 2.92. The fraction of sp³-hybridized carbons (Fsp3) is 0.300. The van der Waals surface area contributed by atoms with Crippen molar-refractivity contribution in [3.8, 4) is 0 Å². The van der Waals surface area contributed by atoms with Crippen molar-refractivity contribution in [2.24, 2.45) is 0 Å². The summed E-state index contributed by atoms with van der Waals surface area (Å²) in [6, 6.07) is 3.69. The van der Waals surface area contributed by atoms with E-state index in [9.17, 15) is 0 Å². The maximum Gasteiger partial charge on any atom is 0.130 e. The van der Waals surface area contributed by atoms with Crippen LogP contribution in [-0.2, 0) is 0 Å². The van der Waals surface area contributed by atoms with Crippen molar-refractivity contribution < 1.29 is 0 Å². The molecule has 0 atom stereocenters. The fourth-order valence-electron chi connectivity index (χ4n) is 1.99. The standard InChI is InChI=1S/C10H9ClN4S/c11-6-3-4-7-9(14-16-13-7)10(6)15-5-1-2-8(15)12/h3-4,12H,1-2,5H2. The number of aromatic nitrogens is 2. The summed E-state index contributed by atoms with van der Waals surface area (Å²) in [6.45, 7) is 0.842. The zero-order valence-corrected chi connectivity index (χ0v) is 9.98. The number of halogens is 1. The molecule has 82 valence electrons. The number of fused-ring (bicyclic) bond motifs is 1. The number of rotatable bonds is 1. The molecular formula is C10H9ClN4S. The number of nitrogens with zero attached hydrogens (tertiary/aromatic N) is 3. The van der Waals surface area contributed by atoms with Crippen molar-refractivity contribution in [1.82, 2.24) is 8.75 Å². The van der Waals surface area contributed by atoms with Crippen molar-refractivity contribution in [3.05, 3.63) is 17.2 Å². The van der Waals surface area contributed by atoms with Crippen LogP contribution in [0.25, 0.3) is 11.0 Å². The smallest absolute Gasteiger partial charge is 0.130 e. The average Bonchev–Trinajstić information content (AvgIpc) is 2.87. The first kappa shape index (κ1) is 9.99. The van der Waals surface area contributed by atoms with Crippen LogP contribution >= 0.6 is 23.3 Å². The molecule has 3 rings (SSSR count). The van der Waals surface area contributed by atoms with Gasteiger partial charge in [0.25, 0.3) is 0 Å². The van der Waals surface area contributed by atoms with Crippen LogP contribution in [0.5, 0.6) is 0 Å². The van der Waals surface area contributed by atoms with Gasteiger partial charge in [-0.2, -0.15) is 8.75 Å². The molecule has 0 amide bonds. The van der Waals surface area contributed by atoms with Gasteiger partial charge in [0.1, 0.15) is 16.9 Å². The van der Waals surface area contributed by atoms with E-state index in [2.05, 4.69) is 8.75 Å². The van der Waals surface area contributed by atoms with Crippen LogP contribution in [-0.4, -0.2) is 21.1 Å². The summed E-state index contributed by atoms with van der Waals surface area (Å²) in [4.78, 5) is 1.94. The van der Waals surface area contributed by atoms with Gasteiger partial charge in [0.2, 0.25) is 0 Å². The highest BCUT2D eigenvalue weighted by Gasteiger charge is 2.23. The van der Waals surface area contributed by atoms with Crippen LogP contribution in [0.3, 0.4) is 0 Å². The Morgan fingerprint density at radius 3 is 3.00 bits per heavy atom. The van der Waals surface area contributed by atoms with Crippen molar-refractivity contribution in [1.29, 1.82) is 5.41 Å². The topological polar surface area (TPSA) is 52.9 Å². The number of amidine groups is 1. The Kier molecular flexibility index (Phi) is 2.29. The lowest BCUT2D eigenvalue weighted by Crippen LogP contribution is -2.23. The lowest BCUT2D eigenvalue weighted by molar-refractivity contribution is 0.958. The highest BCUT2D eigenvalue weighted by Crippen LogP contribution is 2.35. The molecule has 4 nitrogen and oxygen atoms in total. The summed E-state index contributed by atoms with van der Waals surface area (Å²) in [7, 11) is 0. The van der Waals surface area contributed by atoms with E-state index in [1.54, 1.807) is 0 Å². The van der Waals surface area contributed by atoms with Crippen LogP contribution in [0.1, 0.15) is 12.8 Å². The Hall–Kier alpha value is -1.20. The molecule has 1 aliphatic rings. The molecule has 0 saturated carbocycles. The second-order valence-corrected chi connectivity index (χ2v) is 4.67. The molecule has 1 aromatic carbocycles. The largest absolute Gasteiger partial charge is 0.327 e. The van der Waals surface area contributed by atoms with Crippen LogP contribution < -0.4 is 4.90 Å². The molecule has 0 radical (unpaired) electrons. The second kappa shape index (κ2) is 3.68. The number of nitrogens with one attached hydrogen (secondary N) is 1. The molecule has 1 aliphatic heterocycles. The van der Waals surface area contributed by atoms with Crippen LogP contribution in [0.2, 0.25) is 5.02 Å². The number of benzene rings is 1. The summed E-state index contributed by atoms with van der Waals surface area (Å²) in [6.07, 6.45) is 1.81. The normalized spacial score (nSPS) is 16.3. The number of hydrogen-bond donors (Lipinski definition) is 1. The Balaban J connectivity index is 2.24. The number of anilines is 1. The molecule has 0 aliphatic carbocycles. The summed E-state index contributed by atoms with van der Waals surface area (Å²) >= 11 is 7.38. The Bertz CT molecular complexity index is 565. The Morgan fingerprint density at radius 2 is 2.25 bits per heavy atom. The Labute approximate surface area is 102 Å². The average molecular weight is 253 g/mol. The van der Waals surface area contributed by atoms with Gasteiger partial charge in [-0.3, -0.25) is 5.41 Å². The second-order valence-electron chi connectivity index (χ2n) is 3.73. The quantitative estimate of drug-likeness (QED) is 0.849. The molecule has 1 N–H and O–H groups in total. The molecule has 1 aromatic heterocycles. The third-order valence-corrected chi connectivity index (χ3v) is 3.59. The van der Waals surface area contributed by atoms with Gasteiger partial charge in [-0.1, -0.05) is 11.6 Å². The molecule has 0 bridgehead atoms. The van der Waals surface area contributed by atoms with E-state index < -0.39 is 0 Å².